The smallest absolute Gasteiger partial charge is 0.0471 e. The highest BCUT2D eigenvalue weighted by atomic mass is 16.3. The Morgan fingerprint density at radius 3 is 2.38 bits per heavy atom. The summed E-state index contributed by atoms with van der Waals surface area (Å²) in [5, 5.41) is 20.4. The summed E-state index contributed by atoms with van der Waals surface area (Å²) in [5.41, 5.74) is 2.29. The van der Waals surface area contributed by atoms with Gasteiger partial charge in [-0.25, -0.2) is 0 Å². The Morgan fingerprint density at radius 2 is 1.62 bits per heavy atom. The predicted molar refractivity (Wildman–Crippen MR) is 65.5 cm³/mol. The summed E-state index contributed by atoms with van der Waals surface area (Å²) < 4.78 is 0. The lowest BCUT2D eigenvalue weighted by atomic mass is 9.98. The molecule has 2 nitrogen and oxygen atoms in total. The maximum absolute atomic E-state index is 9.05. The zero-order valence-corrected chi connectivity index (χ0v) is 9.19. The number of fused-ring (bicyclic) bond motifs is 1. The first-order valence-corrected chi connectivity index (χ1v) is 5.57. The quantitative estimate of drug-likeness (QED) is 0.819. The lowest BCUT2D eigenvalue weighted by Gasteiger charge is -2.08. The third kappa shape index (κ3) is 2.23. The largest absolute Gasteiger partial charge is 0.396 e. The summed E-state index contributed by atoms with van der Waals surface area (Å²) >= 11 is 0. The van der Waals surface area contributed by atoms with E-state index < -0.39 is 0 Å². The minimum Gasteiger partial charge on any atom is -0.396 e. The molecule has 0 saturated carbocycles. The van der Waals surface area contributed by atoms with E-state index in [2.05, 4.69) is 24.3 Å². The molecule has 2 rings (SSSR count). The van der Waals surface area contributed by atoms with E-state index in [1.807, 2.05) is 12.1 Å². The lowest BCUT2D eigenvalue weighted by Crippen LogP contribution is -1.97. The highest BCUT2D eigenvalue weighted by Crippen LogP contribution is 2.21. The standard InChI is InChI=1S/C14H16O2/c15-7-5-11-9-12-3-1-2-4-14(12)13(10-11)6-8-16/h1-4,9-10,15-16H,5-8H2. The van der Waals surface area contributed by atoms with Crippen molar-refractivity contribution in [1.29, 1.82) is 0 Å². The summed E-state index contributed by atoms with van der Waals surface area (Å²) in [6.07, 6.45) is 1.34. The van der Waals surface area contributed by atoms with E-state index in [0.29, 0.717) is 12.8 Å². The van der Waals surface area contributed by atoms with Gasteiger partial charge in [0.1, 0.15) is 0 Å². The molecule has 0 heterocycles. The van der Waals surface area contributed by atoms with Gasteiger partial charge in [-0.15, -0.1) is 0 Å². The number of aliphatic hydroxyl groups excluding tert-OH is 2. The van der Waals surface area contributed by atoms with Crippen molar-refractivity contribution < 1.29 is 10.2 Å². The molecule has 2 N–H and O–H groups in total. The molecular weight excluding hydrogens is 200 g/mol. The first-order chi connectivity index (χ1) is 7.85. The van der Waals surface area contributed by atoms with Crippen LogP contribution >= 0.6 is 0 Å². The van der Waals surface area contributed by atoms with Crippen LogP contribution in [0.15, 0.2) is 36.4 Å². The lowest BCUT2D eigenvalue weighted by molar-refractivity contribution is 0.298. The van der Waals surface area contributed by atoms with Gasteiger partial charge in [-0.1, -0.05) is 36.4 Å². The average Bonchev–Trinajstić information content (AvgIpc) is 2.30. The molecule has 0 amide bonds. The fraction of sp³-hybridized carbons (Fsp3) is 0.286. The minimum absolute atomic E-state index is 0.159. The molecule has 2 aromatic rings. The van der Waals surface area contributed by atoms with E-state index in [4.69, 9.17) is 10.2 Å². The average molecular weight is 216 g/mol. The molecule has 0 unspecified atom stereocenters. The van der Waals surface area contributed by atoms with E-state index in [1.54, 1.807) is 0 Å². The zero-order valence-electron chi connectivity index (χ0n) is 9.19. The molecule has 84 valence electrons. The van der Waals surface area contributed by atoms with E-state index in [9.17, 15) is 0 Å². The number of aliphatic hydroxyl groups is 2. The summed E-state index contributed by atoms with van der Waals surface area (Å²) in [7, 11) is 0. The topological polar surface area (TPSA) is 40.5 Å². The second-order valence-electron chi connectivity index (χ2n) is 3.92. The van der Waals surface area contributed by atoms with Gasteiger partial charge in [0.25, 0.3) is 0 Å². The molecule has 0 saturated heterocycles. The van der Waals surface area contributed by atoms with Crippen LogP contribution in [0.25, 0.3) is 10.8 Å². The Hall–Kier alpha value is -1.38. The van der Waals surface area contributed by atoms with Crippen molar-refractivity contribution in [2.24, 2.45) is 0 Å². The van der Waals surface area contributed by atoms with Crippen molar-refractivity contribution in [3.05, 3.63) is 47.5 Å². The Bertz CT molecular complexity index is 477. The van der Waals surface area contributed by atoms with Crippen molar-refractivity contribution in [2.75, 3.05) is 13.2 Å². The normalized spacial score (nSPS) is 10.9. The Kier molecular flexibility index (Phi) is 3.54. The van der Waals surface area contributed by atoms with E-state index >= 15 is 0 Å². The molecule has 16 heavy (non-hydrogen) atoms. The van der Waals surface area contributed by atoms with Crippen LogP contribution in [0.4, 0.5) is 0 Å². The molecule has 0 aromatic heterocycles. The molecule has 2 heteroatoms. The van der Waals surface area contributed by atoms with Crippen LogP contribution < -0.4 is 0 Å². The second kappa shape index (κ2) is 5.10. The predicted octanol–water partition coefficient (Wildman–Crippen LogP) is 1.91. The first kappa shape index (κ1) is 11.1. The fourth-order valence-electron chi connectivity index (χ4n) is 2.06. The first-order valence-electron chi connectivity index (χ1n) is 5.57. The summed E-state index contributed by atoms with van der Waals surface area (Å²) in [6.45, 7) is 0.323. The van der Waals surface area contributed by atoms with Crippen LogP contribution in [0, 0.1) is 0 Å². The van der Waals surface area contributed by atoms with Crippen molar-refractivity contribution in [3.8, 4) is 0 Å². The molecule has 2 aromatic carbocycles. The Morgan fingerprint density at radius 1 is 0.875 bits per heavy atom. The van der Waals surface area contributed by atoms with E-state index in [0.717, 1.165) is 11.1 Å². The molecule has 0 spiro atoms. The molecular formula is C14H16O2. The van der Waals surface area contributed by atoms with Gasteiger partial charge in [0.05, 0.1) is 0 Å². The van der Waals surface area contributed by atoms with Gasteiger partial charge in [0.15, 0.2) is 0 Å². The van der Waals surface area contributed by atoms with Crippen LogP contribution in [0.2, 0.25) is 0 Å². The van der Waals surface area contributed by atoms with E-state index in [-0.39, 0.29) is 13.2 Å². The van der Waals surface area contributed by atoms with Gasteiger partial charge in [-0.3, -0.25) is 0 Å². The maximum atomic E-state index is 9.05. The highest BCUT2D eigenvalue weighted by molar-refractivity contribution is 5.86. The highest BCUT2D eigenvalue weighted by Gasteiger charge is 2.03. The molecule has 0 atom stereocenters. The van der Waals surface area contributed by atoms with Gasteiger partial charge in [0.2, 0.25) is 0 Å². The molecule has 0 fully saturated rings. The minimum atomic E-state index is 0.159. The van der Waals surface area contributed by atoms with Gasteiger partial charge < -0.3 is 10.2 Å². The number of rotatable bonds is 4. The van der Waals surface area contributed by atoms with Gasteiger partial charge in [-0.05, 0) is 34.7 Å². The second-order valence-corrected chi connectivity index (χ2v) is 3.92. The van der Waals surface area contributed by atoms with Gasteiger partial charge >= 0.3 is 0 Å². The SMILES string of the molecule is OCCc1cc(CCO)c2ccccc2c1. The molecule has 0 radical (unpaired) electrons. The maximum Gasteiger partial charge on any atom is 0.0471 e. The van der Waals surface area contributed by atoms with Crippen LogP contribution in [0.1, 0.15) is 11.1 Å². The van der Waals surface area contributed by atoms with Gasteiger partial charge in [0, 0.05) is 13.2 Å². The molecule has 0 aliphatic rings. The van der Waals surface area contributed by atoms with Gasteiger partial charge in [-0.2, -0.15) is 0 Å². The van der Waals surface area contributed by atoms with Crippen LogP contribution in [0.3, 0.4) is 0 Å². The third-order valence-electron chi connectivity index (χ3n) is 2.79. The summed E-state index contributed by atoms with van der Waals surface area (Å²) in [4.78, 5) is 0. The number of hydrogen-bond acceptors (Lipinski definition) is 2. The Labute approximate surface area is 95.2 Å². The van der Waals surface area contributed by atoms with Crippen LogP contribution in [-0.4, -0.2) is 23.4 Å². The van der Waals surface area contributed by atoms with Crippen molar-refractivity contribution in [3.63, 3.8) is 0 Å². The number of benzene rings is 2. The molecule has 0 aliphatic carbocycles. The molecule has 0 aliphatic heterocycles. The zero-order chi connectivity index (χ0) is 11.4. The van der Waals surface area contributed by atoms with Crippen LogP contribution in [0.5, 0.6) is 0 Å². The van der Waals surface area contributed by atoms with E-state index in [1.165, 1.54) is 10.8 Å². The summed E-state index contributed by atoms with van der Waals surface area (Å²) in [5.74, 6) is 0. The molecule has 0 bridgehead atoms. The van der Waals surface area contributed by atoms with Crippen molar-refractivity contribution in [1.82, 2.24) is 0 Å². The van der Waals surface area contributed by atoms with Crippen molar-refractivity contribution >= 4 is 10.8 Å². The third-order valence-corrected chi connectivity index (χ3v) is 2.79. The summed E-state index contributed by atoms with van der Waals surface area (Å²) in [6, 6.07) is 12.3. The number of hydrogen-bond donors (Lipinski definition) is 2. The fourth-order valence-corrected chi connectivity index (χ4v) is 2.06. The van der Waals surface area contributed by atoms with Crippen molar-refractivity contribution in [2.45, 2.75) is 12.8 Å². The van der Waals surface area contributed by atoms with Crippen LogP contribution in [-0.2, 0) is 12.8 Å². The Balaban J connectivity index is 2.54. The monoisotopic (exact) mass is 216 g/mol.